The summed E-state index contributed by atoms with van der Waals surface area (Å²) in [7, 11) is 1.36. The van der Waals surface area contributed by atoms with Crippen LogP contribution in [0.3, 0.4) is 0 Å². The van der Waals surface area contributed by atoms with Crippen LogP contribution in [0.1, 0.15) is 13.3 Å². The average Bonchev–Trinajstić information content (AvgIpc) is 2.92. The van der Waals surface area contributed by atoms with Gasteiger partial charge in [0, 0.05) is 5.92 Å². The van der Waals surface area contributed by atoms with E-state index in [0.29, 0.717) is 17.8 Å². The molecule has 1 unspecified atom stereocenters. The number of esters is 1. The molecular weight excluding hydrogens is 204 g/mol. The van der Waals surface area contributed by atoms with Crippen LogP contribution >= 0.6 is 0 Å². The van der Waals surface area contributed by atoms with Crippen LogP contribution < -0.4 is 0 Å². The molecule has 3 aliphatic carbocycles. The van der Waals surface area contributed by atoms with Crippen LogP contribution in [-0.4, -0.2) is 18.9 Å². The molecule has 16 heavy (non-hydrogen) atoms. The fourth-order valence-electron chi connectivity index (χ4n) is 4.12. The van der Waals surface area contributed by atoms with Crippen molar-refractivity contribution in [3.8, 4) is 0 Å². The van der Waals surface area contributed by atoms with E-state index < -0.39 is 5.92 Å². The summed E-state index contributed by atoms with van der Waals surface area (Å²) >= 11 is 0. The number of fused-ring (bicyclic) bond motifs is 5. The van der Waals surface area contributed by atoms with Crippen LogP contribution in [0, 0.1) is 35.5 Å². The summed E-state index contributed by atoms with van der Waals surface area (Å²) in [5.41, 5.74) is 0. The molecule has 0 aromatic rings. The fourth-order valence-corrected chi connectivity index (χ4v) is 4.12. The lowest BCUT2D eigenvalue weighted by Crippen LogP contribution is -2.28. The zero-order valence-corrected chi connectivity index (χ0v) is 9.55. The molecule has 0 aromatic carbocycles. The molecule has 86 valence electrons. The van der Waals surface area contributed by atoms with E-state index >= 15 is 0 Å². The summed E-state index contributed by atoms with van der Waals surface area (Å²) in [6.07, 6.45) is 5.50. The van der Waals surface area contributed by atoms with E-state index in [9.17, 15) is 9.59 Å². The van der Waals surface area contributed by atoms with Crippen LogP contribution in [-0.2, 0) is 14.3 Å². The number of Topliss-reactive ketones (excluding diaryl/α,β-unsaturated/α-hetero) is 1. The van der Waals surface area contributed by atoms with E-state index in [4.69, 9.17) is 4.74 Å². The van der Waals surface area contributed by atoms with Gasteiger partial charge in [-0.05, 0) is 30.1 Å². The molecular formula is C13H16O3. The summed E-state index contributed by atoms with van der Waals surface area (Å²) in [6.45, 7) is 2.03. The maximum absolute atomic E-state index is 12.3. The zero-order chi connectivity index (χ0) is 11.4. The van der Waals surface area contributed by atoms with Gasteiger partial charge in [-0.2, -0.15) is 0 Å². The SMILES string of the molecule is COC(=O)C1C(=O)[C@H]2[C@H]([C@H]3C=C[C@@H]2C3)[C@H]1C. The number of carbonyl (C=O) groups is 2. The van der Waals surface area contributed by atoms with Crippen molar-refractivity contribution < 1.29 is 14.3 Å². The van der Waals surface area contributed by atoms with E-state index in [-0.39, 0.29) is 23.6 Å². The third-order valence-electron chi connectivity index (χ3n) is 4.74. The van der Waals surface area contributed by atoms with Gasteiger partial charge in [-0.15, -0.1) is 0 Å². The number of hydrogen-bond donors (Lipinski definition) is 0. The van der Waals surface area contributed by atoms with Crippen molar-refractivity contribution >= 4 is 11.8 Å². The Balaban J connectivity index is 1.94. The third kappa shape index (κ3) is 1.04. The van der Waals surface area contributed by atoms with Crippen molar-refractivity contribution in [2.45, 2.75) is 13.3 Å². The summed E-state index contributed by atoms with van der Waals surface area (Å²) in [5.74, 6) is 0.798. The lowest BCUT2D eigenvalue weighted by molar-refractivity contribution is -0.150. The van der Waals surface area contributed by atoms with E-state index in [1.807, 2.05) is 6.92 Å². The maximum atomic E-state index is 12.3. The molecule has 3 rings (SSSR count). The van der Waals surface area contributed by atoms with Gasteiger partial charge in [0.05, 0.1) is 7.11 Å². The molecule has 0 spiro atoms. The van der Waals surface area contributed by atoms with E-state index in [0.717, 1.165) is 6.42 Å². The molecule has 3 nitrogen and oxygen atoms in total. The minimum Gasteiger partial charge on any atom is -0.468 e. The number of methoxy groups -OCH3 is 1. The first kappa shape index (κ1) is 10.1. The van der Waals surface area contributed by atoms with Gasteiger partial charge in [-0.25, -0.2) is 0 Å². The molecule has 0 radical (unpaired) electrons. The lowest BCUT2D eigenvalue weighted by Gasteiger charge is -2.22. The predicted octanol–water partition coefficient (Wildman–Crippen LogP) is 1.43. The van der Waals surface area contributed by atoms with Gasteiger partial charge in [-0.3, -0.25) is 9.59 Å². The second kappa shape index (κ2) is 3.19. The highest BCUT2D eigenvalue weighted by Crippen LogP contribution is 2.57. The Labute approximate surface area is 94.8 Å². The van der Waals surface area contributed by atoms with Crippen molar-refractivity contribution in [3.05, 3.63) is 12.2 Å². The number of carbonyl (C=O) groups excluding carboxylic acids is 2. The Kier molecular flexibility index (Phi) is 2.00. The minimum absolute atomic E-state index is 0.0918. The van der Waals surface area contributed by atoms with Gasteiger partial charge in [-0.1, -0.05) is 19.1 Å². The molecule has 0 amide bonds. The van der Waals surface area contributed by atoms with E-state index in [1.165, 1.54) is 7.11 Å². The largest absolute Gasteiger partial charge is 0.468 e. The number of ketones is 1. The van der Waals surface area contributed by atoms with Crippen LogP contribution in [0.2, 0.25) is 0 Å². The highest BCUT2D eigenvalue weighted by atomic mass is 16.5. The Morgan fingerprint density at radius 2 is 2.06 bits per heavy atom. The second-order valence-electron chi connectivity index (χ2n) is 5.31. The van der Waals surface area contributed by atoms with Gasteiger partial charge >= 0.3 is 5.97 Å². The number of hydrogen-bond acceptors (Lipinski definition) is 3. The van der Waals surface area contributed by atoms with Gasteiger partial charge in [0.15, 0.2) is 5.78 Å². The average molecular weight is 220 g/mol. The van der Waals surface area contributed by atoms with E-state index in [2.05, 4.69) is 12.2 Å². The Morgan fingerprint density at radius 1 is 1.38 bits per heavy atom. The maximum Gasteiger partial charge on any atom is 0.316 e. The minimum atomic E-state index is -0.509. The second-order valence-corrected chi connectivity index (χ2v) is 5.31. The standard InChI is InChI=1S/C13H16O3/c1-6-9-7-3-4-8(5-7)11(9)12(14)10(6)13(15)16-2/h3-4,6-11H,5H2,1-2H3/t6-,7+,8-,9+,10?,11-/m1/s1. The molecule has 2 fully saturated rings. The first-order valence-corrected chi connectivity index (χ1v) is 5.95. The summed E-state index contributed by atoms with van der Waals surface area (Å²) in [6, 6.07) is 0. The molecule has 0 N–H and O–H groups in total. The van der Waals surface area contributed by atoms with Crippen LogP contribution in [0.15, 0.2) is 12.2 Å². The molecule has 2 saturated carbocycles. The molecule has 3 heteroatoms. The van der Waals surface area contributed by atoms with Crippen LogP contribution in [0.5, 0.6) is 0 Å². The fraction of sp³-hybridized carbons (Fsp3) is 0.692. The van der Waals surface area contributed by atoms with Crippen molar-refractivity contribution in [3.63, 3.8) is 0 Å². The topological polar surface area (TPSA) is 43.4 Å². The molecule has 2 bridgehead atoms. The molecule has 6 atom stereocenters. The summed E-state index contributed by atoms with van der Waals surface area (Å²) in [5, 5.41) is 0. The third-order valence-corrected chi connectivity index (χ3v) is 4.74. The summed E-state index contributed by atoms with van der Waals surface area (Å²) in [4.78, 5) is 23.9. The number of rotatable bonds is 1. The lowest BCUT2D eigenvalue weighted by atomic mass is 9.81. The van der Waals surface area contributed by atoms with Crippen LogP contribution in [0.4, 0.5) is 0 Å². The predicted molar refractivity (Wildman–Crippen MR) is 57.4 cm³/mol. The number of allylic oxidation sites excluding steroid dienone is 2. The zero-order valence-electron chi connectivity index (χ0n) is 9.55. The summed E-state index contributed by atoms with van der Waals surface area (Å²) < 4.78 is 4.75. The van der Waals surface area contributed by atoms with Crippen LogP contribution in [0.25, 0.3) is 0 Å². The van der Waals surface area contributed by atoms with Crippen molar-refractivity contribution in [1.82, 2.24) is 0 Å². The molecule has 0 aliphatic heterocycles. The molecule has 0 saturated heterocycles. The van der Waals surface area contributed by atoms with Crippen molar-refractivity contribution in [2.24, 2.45) is 35.5 Å². The highest BCUT2D eigenvalue weighted by Gasteiger charge is 2.60. The monoisotopic (exact) mass is 220 g/mol. The molecule has 0 heterocycles. The highest BCUT2D eigenvalue weighted by molar-refractivity contribution is 6.03. The number of ether oxygens (including phenoxy) is 1. The molecule has 3 aliphatic rings. The normalized spacial score (nSPS) is 48.5. The van der Waals surface area contributed by atoms with Gasteiger partial charge < -0.3 is 4.74 Å². The van der Waals surface area contributed by atoms with Crippen molar-refractivity contribution in [1.29, 1.82) is 0 Å². The van der Waals surface area contributed by atoms with Gasteiger partial charge in [0.2, 0.25) is 0 Å². The van der Waals surface area contributed by atoms with Gasteiger partial charge in [0.25, 0.3) is 0 Å². The van der Waals surface area contributed by atoms with E-state index in [1.54, 1.807) is 0 Å². The Morgan fingerprint density at radius 3 is 2.69 bits per heavy atom. The van der Waals surface area contributed by atoms with Crippen molar-refractivity contribution in [2.75, 3.05) is 7.11 Å². The Hall–Kier alpha value is -1.12. The first-order valence-electron chi connectivity index (χ1n) is 5.95. The Bertz CT molecular complexity index is 385. The quantitative estimate of drug-likeness (QED) is 0.381. The first-order chi connectivity index (χ1) is 7.65. The van der Waals surface area contributed by atoms with Gasteiger partial charge in [0.1, 0.15) is 5.92 Å². The molecule has 0 aromatic heterocycles. The smallest absolute Gasteiger partial charge is 0.316 e.